The van der Waals surface area contributed by atoms with Crippen LogP contribution in [-0.2, 0) is 11.2 Å². The van der Waals surface area contributed by atoms with Gasteiger partial charge >= 0.3 is 5.91 Å². The van der Waals surface area contributed by atoms with E-state index in [0.29, 0.717) is 23.8 Å². The molecule has 1 aliphatic carbocycles. The molecular weight excluding hydrogens is 474 g/mol. The van der Waals surface area contributed by atoms with Crippen molar-refractivity contribution in [2.24, 2.45) is 5.92 Å². The van der Waals surface area contributed by atoms with Crippen molar-refractivity contribution in [3.63, 3.8) is 0 Å². The van der Waals surface area contributed by atoms with Crippen LogP contribution in [0, 0.1) is 17.8 Å². The van der Waals surface area contributed by atoms with E-state index in [9.17, 15) is 4.79 Å². The van der Waals surface area contributed by atoms with Gasteiger partial charge in [-0.1, -0.05) is 67.3 Å². The molecule has 5 rings (SSSR count). The molecule has 2 aromatic carbocycles. The maximum absolute atomic E-state index is 12.9. The fourth-order valence-electron chi connectivity index (χ4n) is 4.09. The highest BCUT2D eigenvalue weighted by Crippen LogP contribution is 2.38. The number of allylic oxidation sites excluding steroid dienone is 2. The van der Waals surface area contributed by atoms with Crippen LogP contribution in [0.2, 0.25) is 0 Å². The first-order chi connectivity index (χ1) is 17.5. The minimum atomic E-state index is -0.438. The van der Waals surface area contributed by atoms with E-state index in [1.165, 1.54) is 0 Å². The van der Waals surface area contributed by atoms with Gasteiger partial charge in [-0.25, -0.2) is 9.99 Å². The smallest absolute Gasteiger partial charge is 0.309 e. The highest BCUT2D eigenvalue weighted by molar-refractivity contribution is 7.81. The Morgan fingerprint density at radius 3 is 2.81 bits per heavy atom. The van der Waals surface area contributed by atoms with Gasteiger partial charge in [-0.3, -0.25) is 15.3 Å². The van der Waals surface area contributed by atoms with E-state index in [-0.39, 0.29) is 23.7 Å². The van der Waals surface area contributed by atoms with Crippen LogP contribution in [0.4, 0.5) is 0 Å². The lowest BCUT2D eigenvalue weighted by Gasteiger charge is -2.28. The summed E-state index contributed by atoms with van der Waals surface area (Å²) < 4.78 is 11.4. The minimum Gasteiger partial charge on any atom is -0.495 e. The van der Waals surface area contributed by atoms with Crippen molar-refractivity contribution >= 4 is 18.5 Å². The third kappa shape index (κ3) is 4.81. The van der Waals surface area contributed by atoms with E-state index in [4.69, 9.17) is 22.1 Å². The van der Waals surface area contributed by atoms with Crippen molar-refractivity contribution in [1.29, 1.82) is 0 Å². The number of thiol groups is 1. The van der Waals surface area contributed by atoms with Crippen LogP contribution in [0.15, 0.2) is 77.7 Å². The number of H-pyrrole nitrogens is 1. The molecule has 182 valence electrons. The van der Waals surface area contributed by atoms with Crippen LogP contribution in [-0.4, -0.2) is 45.2 Å². The van der Waals surface area contributed by atoms with E-state index >= 15 is 0 Å². The Labute approximate surface area is 214 Å². The van der Waals surface area contributed by atoms with Crippen LogP contribution in [0.3, 0.4) is 0 Å². The Morgan fingerprint density at radius 2 is 2.00 bits per heavy atom. The predicted molar refractivity (Wildman–Crippen MR) is 138 cm³/mol. The standard InChI is InChI=1S/C27H25N5O3S/c1-17-14-20(13-12-19-10-6-7-11-21(19)34-2)24-23(25(17)36)32(16-35-24)31-27(33)26-28-22(29-30-26)15-18-8-4-3-5-9-18/h3-11,14,17,25,36H,15-16H2,1-2H3,(H,31,33)(H,28,29,30)/t17-,25-/m0/s1. The van der Waals surface area contributed by atoms with Gasteiger partial charge < -0.3 is 9.47 Å². The molecule has 0 spiro atoms. The maximum atomic E-state index is 12.9. The van der Waals surface area contributed by atoms with Gasteiger partial charge in [0.25, 0.3) is 0 Å². The second-order valence-corrected chi connectivity index (χ2v) is 9.02. The largest absolute Gasteiger partial charge is 0.495 e. The number of hydrogen-bond donors (Lipinski definition) is 3. The Bertz CT molecular complexity index is 1400. The highest BCUT2D eigenvalue weighted by atomic mass is 32.1. The zero-order valence-corrected chi connectivity index (χ0v) is 20.8. The number of aromatic nitrogens is 3. The summed E-state index contributed by atoms with van der Waals surface area (Å²) in [6, 6.07) is 17.5. The zero-order chi connectivity index (χ0) is 25.1. The first-order valence-corrected chi connectivity index (χ1v) is 12.0. The van der Waals surface area contributed by atoms with Gasteiger partial charge in [-0.15, -0.1) is 5.10 Å². The number of hydrogen-bond acceptors (Lipinski definition) is 7. The van der Waals surface area contributed by atoms with Crippen molar-refractivity contribution in [3.05, 3.63) is 100 Å². The molecule has 0 radical (unpaired) electrons. The number of nitrogens with zero attached hydrogens (tertiary/aromatic N) is 3. The van der Waals surface area contributed by atoms with Gasteiger partial charge in [0.1, 0.15) is 11.6 Å². The quantitative estimate of drug-likeness (QED) is 0.368. The molecule has 0 bridgehead atoms. The van der Waals surface area contributed by atoms with Crippen LogP contribution >= 0.6 is 12.6 Å². The van der Waals surface area contributed by atoms with Gasteiger partial charge in [0, 0.05) is 6.42 Å². The molecule has 2 atom stereocenters. The summed E-state index contributed by atoms with van der Waals surface area (Å²) in [7, 11) is 1.62. The predicted octanol–water partition coefficient (Wildman–Crippen LogP) is 3.48. The van der Waals surface area contributed by atoms with Crippen LogP contribution < -0.4 is 10.2 Å². The van der Waals surface area contributed by atoms with E-state index in [2.05, 4.69) is 39.4 Å². The molecule has 2 heterocycles. The number of nitrogens with one attached hydrogen (secondary N) is 2. The van der Waals surface area contributed by atoms with Gasteiger partial charge in [-0.2, -0.15) is 12.6 Å². The molecule has 1 aromatic heterocycles. The average Bonchev–Trinajstić information content (AvgIpc) is 3.54. The highest BCUT2D eigenvalue weighted by Gasteiger charge is 2.37. The van der Waals surface area contributed by atoms with Crippen molar-refractivity contribution in [3.8, 4) is 17.6 Å². The number of ether oxygens (including phenoxy) is 2. The number of aromatic amines is 1. The number of rotatable bonds is 5. The van der Waals surface area contributed by atoms with E-state index < -0.39 is 5.91 Å². The number of amides is 1. The van der Waals surface area contributed by atoms with Crippen LogP contribution in [0.5, 0.6) is 5.75 Å². The zero-order valence-electron chi connectivity index (χ0n) is 19.9. The summed E-state index contributed by atoms with van der Waals surface area (Å²) in [6.07, 6.45) is 2.59. The molecule has 2 N–H and O–H groups in total. The molecule has 2 aliphatic rings. The molecule has 0 saturated heterocycles. The van der Waals surface area contributed by atoms with Gasteiger partial charge in [0.2, 0.25) is 5.82 Å². The Balaban J connectivity index is 1.34. The van der Waals surface area contributed by atoms with Gasteiger partial charge in [0.15, 0.2) is 12.5 Å². The number of carbonyl (C=O) groups excluding carboxylic acids is 1. The molecule has 0 unspecified atom stereocenters. The lowest BCUT2D eigenvalue weighted by molar-refractivity contribution is 0.0702. The second-order valence-electron chi connectivity index (χ2n) is 8.46. The monoisotopic (exact) mass is 499 g/mol. The van der Waals surface area contributed by atoms with Gasteiger partial charge in [-0.05, 0) is 23.6 Å². The molecule has 1 amide bonds. The summed E-state index contributed by atoms with van der Waals surface area (Å²) in [5.41, 5.74) is 6.21. The maximum Gasteiger partial charge on any atom is 0.309 e. The fraction of sp³-hybridized carbons (Fsp3) is 0.222. The molecular formula is C27H25N5O3S. The summed E-state index contributed by atoms with van der Waals surface area (Å²) >= 11 is 4.79. The molecule has 9 heteroatoms. The van der Waals surface area contributed by atoms with Crippen molar-refractivity contribution in [2.75, 3.05) is 13.8 Å². The molecule has 8 nitrogen and oxygen atoms in total. The molecule has 1 aliphatic heterocycles. The van der Waals surface area contributed by atoms with E-state index in [0.717, 1.165) is 22.4 Å². The van der Waals surface area contributed by atoms with Crippen molar-refractivity contribution < 1.29 is 14.3 Å². The first-order valence-electron chi connectivity index (χ1n) is 11.5. The summed E-state index contributed by atoms with van der Waals surface area (Å²) in [6.45, 7) is 2.19. The van der Waals surface area contributed by atoms with Crippen molar-refractivity contribution in [2.45, 2.75) is 18.6 Å². The number of hydrazine groups is 1. The van der Waals surface area contributed by atoms with Crippen LogP contribution in [0.1, 0.15) is 34.5 Å². The van der Waals surface area contributed by atoms with E-state index in [1.807, 2.05) is 60.7 Å². The average molecular weight is 500 g/mol. The van der Waals surface area contributed by atoms with Gasteiger partial charge in [0.05, 0.1) is 29.2 Å². The van der Waals surface area contributed by atoms with Crippen LogP contribution in [0.25, 0.3) is 0 Å². The summed E-state index contributed by atoms with van der Waals surface area (Å²) in [5.74, 6) is 7.99. The molecule has 0 saturated carbocycles. The topological polar surface area (TPSA) is 92.4 Å². The number of methoxy groups -OCH3 is 1. The first kappa shape index (κ1) is 23.6. The molecule has 0 fully saturated rings. The third-order valence-corrected chi connectivity index (χ3v) is 6.65. The van der Waals surface area contributed by atoms with E-state index in [1.54, 1.807) is 12.1 Å². The Morgan fingerprint density at radius 1 is 1.22 bits per heavy atom. The SMILES string of the molecule is COc1ccccc1C#CC1=C[C@H](C)[C@H](S)C2=C1OCN2NC(=O)c1n[nH]c(Cc2ccccc2)n1. The Hall–Kier alpha value is -4.16. The Kier molecular flexibility index (Phi) is 6.69. The van der Waals surface area contributed by atoms with Crippen molar-refractivity contribution in [1.82, 2.24) is 25.6 Å². The fourth-order valence-corrected chi connectivity index (χ4v) is 4.44. The summed E-state index contributed by atoms with van der Waals surface area (Å²) in [4.78, 5) is 17.3. The molecule has 36 heavy (non-hydrogen) atoms. The number of carbonyl (C=O) groups is 1. The number of benzene rings is 2. The second kappa shape index (κ2) is 10.2. The lowest BCUT2D eigenvalue weighted by Crippen LogP contribution is -2.43. The summed E-state index contributed by atoms with van der Waals surface area (Å²) in [5, 5.41) is 8.40. The third-order valence-electron chi connectivity index (χ3n) is 5.94. The lowest BCUT2D eigenvalue weighted by atomic mass is 9.93. The molecule has 3 aromatic rings. The normalized spacial score (nSPS) is 18.5. The number of para-hydroxylation sites is 1. The minimum absolute atomic E-state index is 0.0567.